The lowest BCUT2D eigenvalue weighted by molar-refractivity contribution is 0.613. The van der Waals surface area contributed by atoms with Gasteiger partial charge >= 0.3 is 0 Å². The molecule has 0 aliphatic rings. The molecule has 0 bridgehead atoms. The van der Waals surface area contributed by atoms with E-state index in [9.17, 15) is 4.39 Å². The van der Waals surface area contributed by atoms with E-state index >= 15 is 0 Å². The van der Waals surface area contributed by atoms with Crippen LogP contribution >= 0.6 is 0 Å². The van der Waals surface area contributed by atoms with E-state index in [1.54, 1.807) is 12.3 Å². The van der Waals surface area contributed by atoms with Crippen molar-refractivity contribution in [2.24, 2.45) is 5.73 Å². The van der Waals surface area contributed by atoms with Crippen molar-refractivity contribution in [2.45, 2.75) is 32.4 Å². The summed E-state index contributed by atoms with van der Waals surface area (Å²) in [6.45, 7) is 2.72. The van der Waals surface area contributed by atoms with E-state index in [2.05, 4.69) is 9.88 Å². The average Bonchev–Trinajstić information content (AvgIpc) is 2.48. The number of halogens is 1. The standard InChI is InChI=1S/C17H22FN3/c1-3-15(19)11-13-10-14(18)7-8-17(13)21(2)12-16-6-4-5-9-20-16/h4-10,15H,3,11-12,19H2,1-2H3. The summed E-state index contributed by atoms with van der Waals surface area (Å²) in [7, 11) is 1.99. The SMILES string of the molecule is CCC(N)Cc1cc(F)ccc1N(C)Cc1ccccn1. The first-order chi connectivity index (χ1) is 10.1. The molecule has 0 aliphatic heterocycles. The van der Waals surface area contributed by atoms with E-state index < -0.39 is 0 Å². The van der Waals surface area contributed by atoms with Crippen molar-refractivity contribution in [3.8, 4) is 0 Å². The molecule has 0 aliphatic carbocycles. The van der Waals surface area contributed by atoms with E-state index in [0.717, 1.165) is 23.4 Å². The maximum absolute atomic E-state index is 13.5. The molecule has 0 radical (unpaired) electrons. The van der Waals surface area contributed by atoms with Gasteiger partial charge in [0, 0.05) is 25.0 Å². The molecule has 1 atom stereocenters. The van der Waals surface area contributed by atoms with Crippen LogP contribution in [0, 0.1) is 5.82 Å². The van der Waals surface area contributed by atoms with Crippen molar-refractivity contribution in [3.05, 3.63) is 59.7 Å². The van der Waals surface area contributed by atoms with Crippen LogP contribution < -0.4 is 10.6 Å². The highest BCUT2D eigenvalue weighted by Crippen LogP contribution is 2.23. The molecule has 112 valence electrons. The molecule has 0 saturated carbocycles. The number of rotatable bonds is 6. The normalized spacial score (nSPS) is 12.2. The molecule has 2 aromatic rings. The van der Waals surface area contributed by atoms with Crippen LogP contribution in [0.1, 0.15) is 24.6 Å². The van der Waals surface area contributed by atoms with Gasteiger partial charge in [-0.25, -0.2) is 4.39 Å². The lowest BCUT2D eigenvalue weighted by Crippen LogP contribution is -2.24. The Morgan fingerprint density at radius 1 is 1.29 bits per heavy atom. The lowest BCUT2D eigenvalue weighted by atomic mass is 10.0. The summed E-state index contributed by atoms with van der Waals surface area (Å²) in [6.07, 6.45) is 3.33. The monoisotopic (exact) mass is 287 g/mol. The number of nitrogens with zero attached hydrogens (tertiary/aromatic N) is 2. The summed E-state index contributed by atoms with van der Waals surface area (Å²) < 4.78 is 13.5. The quantitative estimate of drug-likeness (QED) is 0.887. The van der Waals surface area contributed by atoms with Crippen molar-refractivity contribution in [1.82, 2.24) is 4.98 Å². The van der Waals surface area contributed by atoms with Gasteiger partial charge in [-0.1, -0.05) is 13.0 Å². The van der Waals surface area contributed by atoms with Crippen molar-refractivity contribution < 1.29 is 4.39 Å². The smallest absolute Gasteiger partial charge is 0.123 e. The Labute approximate surface area is 125 Å². The van der Waals surface area contributed by atoms with E-state index in [4.69, 9.17) is 5.73 Å². The maximum Gasteiger partial charge on any atom is 0.123 e. The lowest BCUT2D eigenvalue weighted by Gasteiger charge is -2.23. The molecule has 4 heteroatoms. The van der Waals surface area contributed by atoms with Crippen LogP contribution in [-0.4, -0.2) is 18.1 Å². The fourth-order valence-corrected chi connectivity index (χ4v) is 2.34. The van der Waals surface area contributed by atoms with Gasteiger partial charge in [-0.3, -0.25) is 4.98 Å². The third-order valence-electron chi connectivity index (χ3n) is 3.58. The topological polar surface area (TPSA) is 42.1 Å². The fourth-order valence-electron chi connectivity index (χ4n) is 2.34. The molecule has 1 unspecified atom stereocenters. The summed E-state index contributed by atoms with van der Waals surface area (Å²) in [6, 6.07) is 10.8. The van der Waals surface area contributed by atoms with Gasteiger partial charge in [0.15, 0.2) is 0 Å². The predicted molar refractivity (Wildman–Crippen MR) is 84.7 cm³/mol. The molecule has 3 nitrogen and oxygen atoms in total. The molecule has 21 heavy (non-hydrogen) atoms. The first-order valence-corrected chi connectivity index (χ1v) is 7.25. The number of nitrogens with two attached hydrogens (primary N) is 1. The Morgan fingerprint density at radius 3 is 2.76 bits per heavy atom. The minimum absolute atomic E-state index is 0.0498. The third-order valence-corrected chi connectivity index (χ3v) is 3.58. The molecule has 0 spiro atoms. The Kier molecular flexibility index (Phi) is 5.28. The Hall–Kier alpha value is -1.94. The summed E-state index contributed by atoms with van der Waals surface area (Å²) >= 11 is 0. The molecule has 1 aromatic carbocycles. The minimum atomic E-state index is -0.219. The first-order valence-electron chi connectivity index (χ1n) is 7.25. The van der Waals surface area contributed by atoms with E-state index in [1.165, 1.54) is 6.07 Å². The molecule has 0 saturated heterocycles. The highest BCUT2D eigenvalue weighted by atomic mass is 19.1. The summed E-state index contributed by atoms with van der Waals surface area (Å²) in [5, 5.41) is 0. The van der Waals surface area contributed by atoms with Gasteiger partial charge in [-0.2, -0.15) is 0 Å². The Balaban J connectivity index is 2.21. The number of benzene rings is 1. The van der Waals surface area contributed by atoms with Gasteiger partial charge in [-0.15, -0.1) is 0 Å². The summed E-state index contributed by atoms with van der Waals surface area (Å²) in [5.74, 6) is -0.219. The van der Waals surface area contributed by atoms with E-state index in [0.29, 0.717) is 13.0 Å². The highest BCUT2D eigenvalue weighted by Gasteiger charge is 2.12. The van der Waals surface area contributed by atoms with Gasteiger partial charge in [-0.05, 0) is 48.7 Å². The number of anilines is 1. The first kappa shape index (κ1) is 15.4. The number of hydrogen-bond acceptors (Lipinski definition) is 3. The van der Waals surface area contributed by atoms with E-state index in [1.807, 2.05) is 38.2 Å². The fraction of sp³-hybridized carbons (Fsp3) is 0.353. The maximum atomic E-state index is 13.5. The largest absolute Gasteiger partial charge is 0.368 e. The van der Waals surface area contributed by atoms with Gasteiger partial charge in [0.25, 0.3) is 0 Å². The third kappa shape index (κ3) is 4.26. The van der Waals surface area contributed by atoms with Crippen LogP contribution in [0.5, 0.6) is 0 Å². The van der Waals surface area contributed by atoms with Gasteiger partial charge in [0.1, 0.15) is 5.82 Å². The molecule has 0 amide bonds. The van der Waals surface area contributed by atoms with Gasteiger partial charge < -0.3 is 10.6 Å². The minimum Gasteiger partial charge on any atom is -0.368 e. The van der Waals surface area contributed by atoms with Crippen molar-refractivity contribution >= 4 is 5.69 Å². The second-order valence-electron chi connectivity index (χ2n) is 5.32. The van der Waals surface area contributed by atoms with Crippen molar-refractivity contribution in [1.29, 1.82) is 0 Å². The van der Waals surface area contributed by atoms with Crippen LogP contribution in [0.25, 0.3) is 0 Å². The van der Waals surface area contributed by atoms with Crippen LogP contribution in [0.4, 0.5) is 10.1 Å². The molecule has 1 heterocycles. The number of aromatic nitrogens is 1. The Morgan fingerprint density at radius 2 is 2.10 bits per heavy atom. The summed E-state index contributed by atoms with van der Waals surface area (Å²) in [4.78, 5) is 6.41. The van der Waals surface area contributed by atoms with Gasteiger partial charge in [0.05, 0.1) is 12.2 Å². The second-order valence-corrected chi connectivity index (χ2v) is 5.32. The van der Waals surface area contributed by atoms with Crippen LogP contribution in [0.2, 0.25) is 0 Å². The number of pyridine rings is 1. The molecule has 1 aromatic heterocycles. The van der Waals surface area contributed by atoms with Crippen LogP contribution in [0.3, 0.4) is 0 Å². The zero-order valence-electron chi connectivity index (χ0n) is 12.6. The van der Waals surface area contributed by atoms with E-state index in [-0.39, 0.29) is 11.9 Å². The zero-order chi connectivity index (χ0) is 15.2. The molecule has 0 fully saturated rings. The highest BCUT2D eigenvalue weighted by molar-refractivity contribution is 5.53. The number of hydrogen-bond donors (Lipinski definition) is 1. The second kappa shape index (κ2) is 7.18. The molecular formula is C17H22FN3. The molecule has 2 rings (SSSR count). The Bertz CT molecular complexity index is 572. The van der Waals surface area contributed by atoms with Crippen molar-refractivity contribution in [2.75, 3.05) is 11.9 Å². The van der Waals surface area contributed by atoms with Crippen LogP contribution in [0.15, 0.2) is 42.6 Å². The van der Waals surface area contributed by atoms with Crippen molar-refractivity contribution in [3.63, 3.8) is 0 Å². The predicted octanol–water partition coefficient (Wildman–Crippen LogP) is 3.14. The zero-order valence-corrected chi connectivity index (χ0v) is 12.6. The van der Waals surface area contributed by atoms with Gasteiger partial charge in [0.2, 0.25) is 0 Å². The molecular weight excluding hydrogens is 265 g/mol. The van der Waals surface area contributed by atoms with Crippen LogP contribution in [-0.2, 0) is 13.0 Å². The summed E-state index contributed by atoms with van der Waals surface area (Å²) in [5.41, 5.74) is 8.96. The molecule has 2 N–H and O–H groups in total. The average molecular weight is 287 g/mol.